The Hall–Kier alpha value is -2.94. The maximum absolute atomic E-state index is 12.6. The van der Waals surface area contributed by atoms with Gasteiger partial charge in [0.05, 0.1) is 19.4 Å². The molecule has 0 bridgehead atoms. The van der Waals surface area contributed by atoms with Gasteiger partial charge in [0.25, 0.3) is 0 Å². The Balaban J connectivity index is 1.36. The van der Waals surface area contributed by atoms with E-state index < -0.39 is 10.0 Å². The van der Waals surface area contributed by atoms with Crippen LogP contribution in [0.4, 0.5) is 0 Å². The number of hydrogen-bond acceptors (Lipinski definition) is 6. The second kappa shape index (κ2) is 9.25. The summed E-state index contributed by atoms with van der Waals surface area (Å²) in [6.07, 6.45) is 1.32. The van der Waals surface area contributed by atoms with Gasteiger partial charge in [-0.2, -0.15) is 4.31 Å². The number of ether oxygens (including phenoxy) is 3. The molecule has 4 rings (SSSR count). The van der Waals surface area contributed by atoms with Gasteiger partial charge in [0, 0.05) is 19.2 Å². The SMILES string of the molecule is O=S(=O)(c1ccc(Oc2ccc(OCc3ccccc3)cc2)nc1)N1CCOCC1. The van der Waals surface area contributed by atoms with Crippen molar-refractivity contribution in [3.63, 3.8) is 0 Å². The van der Waals surface area contributed by atoms with Crippen molar-refractivity contribution in [3.8, 4) is 17.4 Å². The Morgan fingerprint density at radius 1 is 0.900 bits per heavy atom. The lowest BCUT2D eigenvalue weighted by Gasteiger charge is -2.25. The van der Waals surface area contributed by atoms with Crippen molar-refractivity contribution in [1.82, 2.24) is 9.29 Å². The Morgan fingerprint density at radius 2 is 1.60 bits per heavy atom. The van der Waals surface area contributed by atoms with Crippen LogP contribution in [0.3, 0.4) is 0 Å². The summed E-state index contributed by atoms with van der Waals surface area (Å²) in [5, 5.41) is 0. The summed E-state index contributed by atoms with van der Waals surface area (Å²) in [4.78, 5) is 4.28. The van der Waals surface area contributed by atoms with Crippen LogP contribution in [0.2, 0.25) is 0 Å². The fraction of sp³-hybridized carbons (Fsp3) is 0.227. The normalized spacial score (nSPS) is 14.9. The molecule has 0 atom stereocenters. The average Bonchev–Trinajstić information content (AvgIpc) is 2.80. The molecule has 3 aromatic rings. The monoisotopic (exact) mass is 426 g/mol. The van der Waals surface area contributed by atoms with Gasteiger partial charge in [0.2, 0.25) is 15.9 Å². The molecule has 156 valence electrons. The van der Waals surface area contributed by atoms with Crippen LogP contribution in [-0.2, 0) is 21.4 Å². The highest BCUT2D eigenvalue weighted by Gasteiger charge is 2.26. The van der Waals surface area contributed by atoms with Gasteiger partial charge in [-0.05, 0) is 35.9 Å². The smallest absolute Gasteiger partial charge is 0.244 e. The number of morpholine rings is 1. The van der Waals surface area contributed by atoms with E-state index in [2.05, 4.69) is 4.98 Å². The van der Waals surface area contributed by atoms with Crippen molar-refractivity contribution in [2.24, 2.45) is 0 Å². The standard InChI is InChI=1S/C22H22N2O5S/c25-30(26,24-12-14-27-15-13-24)21-10-11-22(23-16-21)29-20-8-6-19(7-9-20)28-17-18-4-2-1-3-5-18/h1-11,16H,12-15,17H2. The van der Waals surface area contributed by atoms with E-state index in [1.54, 1.807) is 18.2 Å². The van der Waals surface area contributed by atoms with Crippen LogP contribution in [0.25, 0.3) is 0 Å². The highest BCUT2D eigenvalue weighted by molar-refractivity contribution is 7.89. The quantitative estimate of drug-likeness (QED) is 0.576. The zero-order valence-corrected chi connectivity index (χ0v) is 17.1. The first-order chi connectivity index (χ1) is 14.6. The summed E-state index contributed by atoms with van der Waals surface area (Å²) >= 11 is 0. The molecule has 2 heterocycles. The van der Waals surface area contributed by atoms with Gasteiger partial charge < -0.3 is 14.2 Å². The minimum Gasteiger partial charge on any atom is -0.489 e. The second-order valence-electron chi connectivity index (χ2n) is 6.70. The van der Waals surface area contributed by atoms with Crippen molar-refractivity contribution in [2.75, 3.05) is 26.3 Å². The highest BCUT2D eigenvalue weighted by atomic mass is 32.2. The second-order valence-corrected chi connectivity index (χ2v) is 8.63. The first-order valence-corrected chi connectivity index (χ1v) is 11.0. The van der Waals surface area contributed by atoms with Crippen LogP contribution < -0.4 is 9.47 Å². The number of sulfonamides is 1. The summed E-state index contributed by atoms with van der Waals surface area (Å²) in [7, 11) is -3.57. The molecule has 1 fully saturated rings. The van der Waals surface area contributed by atoms with E-state index >= 15 is 0 Å². The first-order valence-electron chi connectivity index (χ1n) is 9.60. The van der Waals surface area contributed by atoms with Crippen molar-refractivity contribution >= 4 is 10.0 Å². The Kier molecular flexibility index (Phi) is 6.27. The van der Waals surface area contributed by atoms with Gasteiger partial charge in [-0.15, -0.1) is 0 Å². The number of hydrogen-bond donors (Lipinski definition) is 0. The summed E-state index contributed by atoms with van der Waals surface area (Å²) < 4.78 is 43.4. The predicted octanol–water partition coefficient (Wildman–Crippen LogP) is 3.47. The van der Waals surface area contributed by atoms with E-state index in [0.717, 1.165) is 11.3 Å². The lowest BCUT2D eigenvalue weighted by Crippen LogP contribution is -2.40. The zero-order chi connectivity index (χ0) is 20.8. The molecule has 0 aliphatic carbocycles. The third kappa shape index (κ3) is 4.96. The van der Waals surface area contributed by atoms with Crippen LogP contribution in [0.1, 0.15) is 5.56 Å². The molecule has 1 aliphatic heterocycles. The molecule has 0 unspecified atom stereocenters. The fourth-order valence-electron chi connectivity index (χ4n) is 2.98. The maximum Gasteiger partial charge on any atom is 0.244 e. The van der Waals surface area contributed by atoms with Crippen molar-refractivity contribution in [2.45, 2.75) is 11.5 Å². The summed E-state index contributed by atoms with van der Waals surface area (Å²) in [6, 6.07) is 20.2. The number of rotatable bonds is 7. The molecular formula is C22H22N2O5S. The molecule has 0 amide bonds. The van der Waals surface area contributed by atoms with E-state index in [1.807, 2.05) is 42.5 Å². The fourth-order valence-corrected chi connectivity index (χ4v) is 4.34. The molecule has 30 heavy (non-hydrogen) atoms. The molecule has 7 nitrogen and oxygen atoms in total. The van der Waals surface area contributed by atoms with Crippen molar-refractivity contribution in [1.29, 1.82) is 0 Å². The molecule has 2 aromatic carbocycles. The molecule has 8 heteroatoms. The molecule has 1 aliphatic rings. The van der Waals surface area contributed by atoms with Crippen LogP contribution in [0.5, 0.6) is 17.4 Å². The Bertz CT molecular complexity index is 1050. The highest BCUT2D eigenvalue weighted by Crippen LogP contribution is 2.24. The van der Waals surface area contributed by atoms with Gasteiger partial charge >= 0.3 is 0 Å². The number of benzene rings is 2. The number of pyridine rings is 1. The Labute approximate surface area is 175 Å². The summed E-state index contributed by atoms with van der Waals surface area (Å²) in [5.41, 5.74) is 1.09. The summed E-state index contributed by atoms with van der Waals surface area (Å²) in [6.45, 7) is 1.98. The third-order valence-electron chi connectivity index (χ3n) is 4.61. The lowest BCUT2D eigenvalue weighted by molar-refractivity contribution is 0.0730. The van der Waals surface area contributed by atoms with E-state index in [9.17, 15) is 8.42 Å². The minimum atomic E-state index is -3.57. The molecule has 0 N–H and O–H groups in total. The lowest BCUT2D eigenvalue weighted by atomic mass is 10.2. The van der Waals surface area contributed by atoms with E-state index in [-0.39, 0.29) is 4.90 Å². The van der Waals surface area contributed by atoms with Crippen molar-refractivity contribution < 1.29 is 22.6 Å². The van der Waals surface area contributed by atoms with Crippen LogP contribution >= 0.6 is 0 Å². The molecule has 1 saturated heterocycles. The molecule has 1 aromatic heterocycles. The van der Waals surface area contributed by atoms with Crippen LogP contribution in [0.15, 0.2) is 77.8 Å². The number of aromatic nitrogens is 1. The predicted molar refractivity (Wildman–Crippen MR) is 111 cm³/mol. The topological polar surface area (TPSA) is 78.0 Å². The van der Waals surface area contributed by atoms with Gasteiger partial charge in [0.1, 0.15) is 23.0 Å². The van der Waals surface area contributed by atoms with E-state index in [4.69, 9.17) is 14.2 Å². The van der Waals surface area contributed by atoms with E-state index in [0.29, 0.717) is 44.5 Å². The average molecular weight is 426 g/mol. The van der Waals surface area contributed by atoms with Gasteiger partial charge in [-0.25, -0.2) is 13.4 Å². The zero-order valence-electron chi connectivity index (χ0n) is 16.3. The first kappa shape index (κ1) is 20.3. The van der Waals surface area contributed by atoms with Crippen LogP contribution in [-0.4, -0.2) is 44.0 Å². The molecule has 0 saturated carbocycles. The maximum atomic E-state index is 12.6. The molecule has 0 spiro atoms. The summed E-state index contributed by atoms with van der Waals surface area (Å²) in [5.74, 6) is 1.62. The number of nitrogens with zero attached hydrogens (tertiary/aromatic N) is 2. The largest absolute Gasteiger partial charge is 0.489 e. The van der Waals surface area contributed by atoms with Gasteiger partial charge in [-0.3, -0.25) is 0 Å². The van der Waals surface area contributed by atoms with Gasteiger partial charge in [-0.1, -0.05) is 30.3 Å². The van der Waals surface area contributed by atoms with Crippen molar-refractivity contribution in [3.05, 3.63) is 78.5 Å². The third-order valence-corrected chi connectivity index (χ3v) is 6.49. The van der Waals surface area contributed by atoms with Crippen LogP contribution in [0, 0.1) is 0 Å². The minimum absolute atomic E-state index is 0.140. The molecular weight excluding hydrogens is 404 g/mol. The van der Waals surface area contributed by atoms with E-state index in [1.165, 1.54) is 16.6 Å². The Morgan fingerprint density at radius 3 is 2.27 bits per heavy atom. The molecule has 0 radical (unpaired) electrons. The van der Waals surface area contributed by atoms with Gasteiger partial charge in [0.15, 0.2) is 0 Å².